The van der Waals surface area contributed by atoms with Crippen LogP contribution in [0.2, 0.25) is 0 Å². The van der Waals surface area contributed by atoms with Gasteiger partial charge in [-0.25, -0.2) is 0 Å². The number of rotatable bonds is 4. The molecule has 0 unspecified atom stereocenters. The number of hydrogen-bond donors (Lipinski definition) is 3. The number of aromatic hydroxyl groups is 3. The highest BCUT2D eigenvalue weighted by Gasteiger charge is 2.08. The molecule has 3 heteroatoms. The van der Waals surface area contributed by atoms with Crippen LogP contribution >= 0.6 is 0 Å². The lowest BCUT2D eigenvalue weighted by atomic mass is 9.93. The molecule has 3 nitrogen and oxygen atoms in total. The van der Waals surface area contributed by atoms with E-state index in [0.717, 1.165) is 33.9 Å². The van der Waals surface area contributed by atoms with Crippen molar-refractivity contribution in [1.29, 1.82) is 0 Å². The van der Waals surface area contributed by atoms with Gasteiger partial charge in [-0.3, -0.25) is 0 Å². The molecule has 0 fully saturated rings. The number of benzene rings is 4. The van der Waals surface area contributed by atoms with Gasteiger partial charge in [-0.1, -0.05) is 42.5 Å². The Labute approximate surface area is 157 Å². The summed E-state index contributed by atoms with van der Waals surface area (Å²) in [6.07, 6.45) is 1.48. The molecule has 0 saturated carbocycles. The molecule has 0 aliphatic carbocycles. The first-order valence-corrected chi connectivity index (χ1v) is 8.87. The summed E-state index contributed by atoms with van der Waals surface area (Å²) >= 11 is 0. The zero-order valence-corrected chi connectivity index (χ0v) is 14.8. The van der Waals surface area contributed by atoms with E-state index >= 15 is 0 Å². The molecule has 4 rings (SSSR count). The Balaban J connectivity index is 1.75. The summed E-state index contributed by atoms with van der Waals surface area (Å²) in [7, 11) is 0. The quantitative estimate of drug-likeness (QED) is 0.474. The second-order valence-corrected chi connectivity index (χ2v) is 6.85. The monoisotopic (exact) mass is 356 g/mol. The normalized spacial score (nSPS) is 11.0. The van der Waals surface area contributed by atoms with E-state index in [1.807, 2.05) is 30.3 Å². The van der Waals surface area contributed by atoms with E-state index < -0.39 is 0 Å². The number of phenolic OH excluding ortho intramolecular Hbond substituents is 3. The highest BCUT2D eigenvalue weighted by Crippen LogP contribution is 2.28. The van der Waals surface area contributed by atoms with Crippen LogP contribution in [-0.4, -0.2) is 15.3 Å². The van der Waals surface area contributed by atoms with Crippen molar-refractivity contribution in [3.63, 3.8) is 0 Å². The molecule has 0 amide bonds. The fourth-order valence-corrected chi connectivity index (χ4v) is 3.42. The molecule has 3 N–H and O–H groups in total. The summed E-state index contributed by atoms with van der Waals surface area (Å²) in [6.45, 7) is 0. The molecule has 0 aromatic heterocycles. The van der Waals surface area contributed by atoms with Gasteiger partial charge in [0, 0.05) is 0 Å². The molecule has 134 valence electrons. The molecular weight excluding hydrogens is 336 g/mol. The van der Waals surface area contributed by atoms with Gasteiger partial charge in [0.2, 0.25) is 0 Å². The van der Waals surface area contributed by atoms with Crippen LogP contribution in [0.3, 0.4) is 0 Å². The van der Waals surface area contributed by atoms with Crippen molar-refractivity contribution in [3.8, 4) is 17.2 Å². The van der Waals surface area contributed by atoms with Gasteiger partial charge in [0.1, 0.15) is 17.2 Å². The molecule has 0 heterocycles. The average Bonchev–Trinajstić information content (AvgIpc) is 2.66. The van der Waals surface area contributed by atoms with Gasteiger partial charge in [0.05, 0.1) is 0 Å². The fraction of sp³-hybridized carbons (Fsp3) is 0.0833. The Morgan fingerprint density at radius 2 is 1.04 bits per heavy atom. The Bertz CT molecular complexity index is 1080. The second kappa shape index (κ2) is 7.04. The van der Waals surface area contributed by atoms with Gasteiger partial charge < -0.3 is 15.3 Å². The van der Waals surface area contributed by atoms with E-state index in [2.05, 4.69) is 12.1 Å². The molecule has 4 aromatic rings. The Hall–Kier alpha value is -3.46. The van der Waals surface area contributed by atoms with Crippen molar-refractivity contribution in [2.24, 2.45) is 0 Å². The molecule has 27 heavy (non-hydrogen) atoms. The molecule has 0 radical (unpaired) electrons. The Morgan fingerprint density at radius 1 is 0.481 bits per heavy atom. The van der Waals surface area contributed by atoms with Crippen LogP contribution in [0.1, 0.15) is 22.3 Å². The highest BCUT2D eigenvalue weighted by atomic mass is 16.3. The van der Waals surface area contributed by atoms with E-state index in [4.69, 9.17) is 0 Å². The van der Waals surface area contributed by atoms with Gasteiger partial charge in [-0.15, -0.1) is 0 Å². The first-order valence-electron chi connectivity index (χ1n) is 8.87. The summed E-state index contributed by atoms with van der Waals surface area (Å²) in [5, 5.41) is 31.0. The highest BCUT2D eigenvalue weighted by molar-refractivity contribution is 5.88. The predicted octanol–water partition coefficient (Wildman–Crippen LogP) is 5.14. The van der Waals surface area contributed by atoms with Gasteiger partial charge in [0.25, 0.3) is 0 Å². The fourth-order valence-electron chi connectivity index (χ4n) is 3.42. The zero-order valence-electron chi connectivity index (χ0n) is 14.8. The number of fused-ring (bicyclic) bond motifs is 1. The van der Waals surface area contributed by atoms with Crippen LogP contribution in [0.15, 0.2) is 78.9 Å². The van der Waals surface area contributed by atoms with Gasteiger partial charge in [-0.05, 0) is 82.3 Å². The second-order valence-electron chi connectivity index (χ2n) is 6.85. The van der Waals surface area contributed by atoms with Crippen molar-refractivity contribution in [2.45, 2.75) is 12.8 Å². The third-order valence-electron chi connectivity index (χ3n) is 4.76. The summed E-state index contributed by atoms with van der Waals surface area (Å²) in [6, 6.07) is 24.2. The first-order chi connectivity index (χ1) is 13.1. The minimum atomic E-state index is 0.251. The molecule has 4 aromatic carbocycles. The summed E-state index contributed by atoms with van der Waals surface area (Å²) < 4.78 is 0. The molecule has 0 saturated heterocycles. The van der Waals surface area contributed by atoms with E-state index in [9.17, 15) is 15.3 Å². The van der Waals surface area contributed by atoms with Crippen LogP contribution in [0.25, 0.3) is 10.8 Å². The SMILES string of the molecule is Oc1ccc(Cc2cc(Cc3ccc(O)cc3)c3cc(O)ccc3c2)cc1. The molecule has 0 spiro atoms. The number of phenols is 3. The van der Waals surface area contributed by atoms with Crippen LogP contribution in [0.5, 0.6) is 17.2 Å². The maximum atomic E-state index is 9.93. The predicted molar refractivity (Wildman–Crippen MR) is 107 cm³/mol. The van der Waals surface area contributed by atoms with E-state index in [0.29, 0.717) is 6.42 Å². The van der Waals surface area contributed by atoms with E-state index in [1.165, 1.54) is 5.56 Å². The lowest BCUT2D eigenvalue weighted by Gasteiger charge is -2.12. The number of hydrogen-bond acceptors (Lipinski definition) is 3. The van der Waals surface area contributed by atoms with E-state index in [1.54, 1.807) is 36.4 Å². The summed E-state index contributed by atoms with van der Waals surface area (Å²) in [4.78, 5) is 0. The molecule has 0 atom stereocenters. The van der Waals surface area contributed by atoms with Crippen LogP contribution in [0, 0.1) is 0 Å². The third kappa shape index (κ3) is 3.87. The lowest BCUT2D eigenvalue weighted by Crippen LogP contribution is -1.95. The van der Waals surface area contributed by atoms with Crippen LogP contribution < -0.4 is 0 Å². The molecule has 0 aliphatic heterocycles. The van der Waals surface area contributed by atoms with Crippen molar-refractivity contribution in [2.75, 3.05) is 0 Å². The molecular formula is C24H20O3. The minimum absolute atomic E-state index is 0.251. The van der Waals surface area contributed by atoms with E-state index in [-0.39, 0.29) is 17.2 Å². The maximum absolute atomic E-state index is 9.93. The Kier molecular flexibility index (Phi) is 4.43. The van der Waals surface area contributed by atoms with Crippen molar-refractivity contribution >= 4 is 10.8 Å². The summed E-state index contributed by atoms with van der Waals surface area (Å²) in [5.41, 5.74) is 4.52. The van der Waals surface area contributed by atoms with Crippen molar-refractivity contribution < 1.29 is 15.3 Å². The standard InChI is InChI=1S/C24H20O3/c25-21-6-1-16(2-7-21)11-18-13-19-5-10-23(27)15-24(19)20(14-18)12-17-3-8-22(26)9-4-17/h1-10,13-15,25-27H,11-12H2. The van der Waals surface area contributed by atoms with Gasteiger partial charge in [-0.2, -0.15) is 0 Å². The maximum Gasteiger partial charge on any atom is 0.116 e. The van der Waals surface area contributed by atoms with Crippen LogP contribution in [0.4, 0.5) is 0 Å². The minimum Gasteiger partial charge on any atom is -0.508 e. The summed E-state index contributed by atoms with van der Waals surface area (Å²) in [5.74, 6) is 0.767. The Morgan fingerprint density at radius 3 is 1.67 bits per heavy atom. The smallest absolute Gasteiger partial charge is 0.116 e. The van der Waals surface area contributed by atoms with Gasteiger partial charge >= 0.3 is 0 Å². The van der Waals surface area contributed by atoms with Crippen LogP contribution in [-0.2, 0) is 12.8 Å². The third-order valence-corrected chi connectivity index (χ3v) is 4.76. The molecule has 0 aliphatic rings. The lowest BCUT2D eigenvalue weighted by molar-refractivity contribution is 0.474. The first kappa shape index (κ1) is 17.0. The van der Waals surface area contributed by atoms with Crippen molar-refractivity contribution in [1.82, 2.24) is 0 Å². The van der Waals surface area contributed by atoms with Gasteiger partial charge in [0.15, 0.2) is 0 Å². The topological polar surface area (TPSA) is 60.7 Å². The zero-order chi connectivity index (χ0) is 18.8. The largest absolute Gasteiger partial charge is 0.508 e. The molecule has 0 bridgehead atoms. The average molecular weight is 356 g/mol. The van der Waals surface area contributed by atoms with Crippen molar-refractivity contribution in [3.05, 3.63) is 101 Å².